The van der Waals surface area contributed by atoms with Gasteiger partial charge in [0.25, 0.3) is 0 Å². The zero-order valence-corrected chi connectivity index (χ0v) is 83.6. The molecule has 0 saturated carbocycles. The van der Waals surface area contributed by atoms with E-state index in [4.69, 9.17) is 32.3 Å². The third-order valence-corrected chi connectivity index (χ3v) is 23.7. The molecule has 0 aromatic rings. The summed E-state index contributed by atoms with van der Waals surface area (Å²) in [7, 11) is -9.82. The molecule has 0 heterocycles. The number of aliphatic hydroxyl groups is 2. The van der Waals surface area contributed by atoms with Gasteiger partial charge in [0.1, 0.15) is 25.4 Å². The molecule has 0 amide bonds. The van der Waals surface area contributed by atoms with Gasteiger partial charge in [-0.1, -0.05) is 446 Å². The van der Waals surface area contributed by atoms with E-state index in [-0.39, 0.29) is 19.3 Å². The van der Waals surface area contributed by atoms with Crippen LogP contribution in [0.5, 0.6) is 0 Å². The summed E-state index contributed by atoms with van der Waals surface area (Å²) in [5, 5.41) is 20.8. The predicted octanol–water partition coefficient (Wildman–Crippen LogP) is 32.9. The average Bonchev–Trinajstić information content (AvgIpc) is 0.899. The van der Waals surface area contributed by atoms with Crippen LogP contribution >= 0.6 is 15.6 Å². The number of hydrogen-bond acceptors (Lipinski definition) is 14. The molecule has 0 radical (unpaired) electrons. The fraction of sp³-hybridized carbons (Fsp3) is 0.685. The second-order valence-electron chi connectivity index (χ2n) is 34.2. The molecule has 0 aliphatic heterocycles. The lowest BCUT2D eigenvalue weighted by Crippen LogP contribution is -2.30. The molecule has 0 fully saturated rings. The summed E-state index contributed by atoms with van der Waals surface area (Å²) in [6, 6.07) is 0. The van der Waals surface area contributed by atoms with E-state index in [2.05, 4.69) is 215 Å². The van der Waals surface area contributed by atoms with Crippen molar-refractivity contribution in [2.24, 2.45) is 0 Å². The second kappa shape index (κ2) is 101. The summed E-state index contributed by atoms with van der Waals surface area (Å²) in [6.07, 6.45) is 136. The third kappa shape index (κ3) is 103. The molecule has 0 rings (SSSR count). The number of carbonyl (C=O) groups is 3. The zero-order valence-electron chi connectivity index (χ0n) is 81.8. The number of rotatable bonds is 97. The van der Waals surface area contributed by atoms with Gasteiger partial charge < -0.3 is 34.2 Å². The van der Waals surface area contributed by atoms with Gasteiger partial charge in [0.05, 0.1) is 26.4 Å². The molecule has 0 bridgehead atoms. The molecule has 0 aromatic carbocycles. The molecule has 0 spiro atoms. The molecule has 0 aromatic heterocycles. The van der Waals surface area contributed by atoms with Crippen molar-refractivity contribution >= 4 is 33.6 Å². The average molecular weight is 1840 g/mol. The van der Waals surface area contributed by atoms with Gasteiger partial charge in [-0.15, -0.1) is 0 Å². The van der Waals surface area contributed by atoms with Crippen molar-refractivity contribution in [2.45, 2.75) is 450 Å². The summed E-state index contributed by atoms with van der Waals surface area (Å²) in [5.74, 6) is -1.57. The Morgan fingerprint density at radius 2 is 0.388 bits per heavy atom. The SMILES string of the molecule is CC/C=C\C/C=C\C/C=C\C/C=C\C/C=C\C/C=C\CCCCCCCCCCC(=O)OC(COC(=O)CCCCCCCCCCCCCCCCCCC/C=C\C/C=C\C/C=C\C/C=C\C/C=C\CC)COP(=O)(O)OCC(O)COP(=O)(O)OCC(O)COC(=O)CCCCCCCCCCCCCCCCCCC/C=C\C/C=C\C/C=C\C/C=C\C/C=C\CC. The summed E-state index contributed by atoms with van der Waals surface area (Å²) in [5.41, 5.74) is 0. The van der Waals surface area contributed by atoms with Crippen LogP contribution in [0.2, 0.25) is 0 Å². The molecule has 18 heteroatoms. The lowest BCUT2D eigenvalue weighted by atomic mass is 10.0. The molecular weight excluding hydrogens is 1650 g/mol. The van der Waals surface area contributed by atoms with E-state index in [1.807, 2.05) is 0 Å². The minimum absolute atomic E-state index is 0.0903. The van der Waals surface area contributed by atoms with Crippen LogP contribution in [0.15, 0.2) is 194 Å². The number of hydrogen-bond donors (Lipinski definition) is 4. The maximum Gasteiger partial charge on any atom is 0.472 e. The van der Waals surface area contributed by atoms with Crippen LogP contribution in [0.4, 0.5) is 0 Å². The highest BCUT2D eigenvalue weighted by Crippen LogP contribution is 2.45. The molecular formula is C111H188O16P2. The quantitative estimate of drug-likeness (QED) is 0.0146. The highest BCUT2D eigenvalue weighted by molar-refractivity contribution is 7.47. The Bertz CT molecular complexity index is 3130. The Balaban J connectivity index is 4.61. The molecule has 129 heavy (non-hydrogen) atoms. The summed E-state index contributed by atoms with van der Waals surface area (Å²) >= 11 is 0. The van der Waals surface area contributed by atoms with Gasteiger partial charge in [-0.3, -0.25) is 32.5 Å². The molecule has 4 N–H and O–H groups in total. The van der Waals surface area contributed by atoms with Gasteiger partial charge >= 0.3 is 33.6 Å². The second-order valence-corrected chi connectivity index (χ2v) is 37.1. The number of phosphoric ester groups is 2. The minimum Gasteiger partial charge on any atom is -0.463 e. The molecule has 5 unspecified atom stereocenters. The topological polar surface area (TPSA) is 231 Å². The summed E-state index contributed by atoms with van der Waals surface area (Å²) in [6.45, 7) is 2.40. The predicted molar refractivity (Wildman–Crippen MR) is 546 cm³/mol. The fourth-order valence-corrected chi connectivity index (χ4v) is 15.7. The van der Waals surface area contributed by atoms with Crippen molar-refractivity contribution in [3.8, 4) is 0 Å². The Morgan fingerprint density at radius 1 is 0.217 bits per heavy atom. The van der Waals surface area contributed by atoms with E-state index in [1.165, 1.54) is 186 Å². The molecule has 0 aliphatic carbocycles. The first-order valence-electron chi connectivity index (χ1n) is 51.7. The van der Waals surface area contributed by atoms with Gasteiger partial charge in [-0.2, -0.15) is 0 Å². The molecule has 0 aliphatic rings. The number of unbranched alkanes of at least 4 members (excludes halogenated alkanes) is 42. The lowest BCUT2D eigenvalue weighted by molar-refractivity contribution is -0.161. The van der Waals surface area contributed by atoms with Crippen LogP contribution in [0, 0.1) is 0 Å². The normalized spacial score (nSPS) is 14.4. The van der Waals surface area contributed by atoms with Crippen molar-refractivity contribution in [1.29, 1.82) is 0 Å². The highest BCUT2D eigenvalue weighted by Gasteiger charge is 2.30. The number of phosphoric acid groups is 2. The Kier molecular flexibility index (Phi) is 97.0. The number of carbonyl (C=O) groups excluding carboxylic acids is 3. The van der Waals surface area contributed by atoms with Gasteiger partial charge in [-0.25, -0.2) is 9.13 Å². The zero-order chi connectivity index (χ0) is 93.5. The van der Waals surface area contributed by atoms with Crippen molar-refractivity contribution in [3.05, 3.63) is 194 Å². The van der Waals surface area contributed by atoms with Crippen LogP contribution in [0.25, 0.3) is 0 Å². The van der Waals surface area contributed by atoms with E-state index in [0.717, 1.165) is 186 Å². The van der Waals surface area contributed by atoms with Gasteiger partial charge in [0, 0.05) is 19.3 Å². The van der Waals surface area contributed by atoms with Crippen LogP contribution in [-0.2, 0) is 55.8 Å². The fourth-order valence-electron chi connectivity index (χ4n) is 14.1. The number of ether oxygens (including phenoxy) is 3. The number of aliphatic hydroxyl groups excluding tert-OH is 2. The van der Waals surface area contributed by atoms with Gasteiger partial charge in [-0.05, 0) is 161 Å². The molecule has 16 nitrogen and oxygen atoms in total. The molecule has 5 atom stereocenters. The smallest absolute Gasteiger partial charge is 0.463 e. The van der Waals surface area contributed by atoms with Crippen LogP contribution in [0.1, 0.15) is 432 Å². The molecule has 738 valence electrons. The molecule has 0 saturated heterocycles. The highest BCUT2D eigenvalue weighted by atomic mass is 31.2. The van der Waals surface area contributed by atoms with Gasteiger partial charge in [0.2, 0.25) is 0 Å². The van der Waals surface area contributed by atoms with Crippen LogP contribution < -0.4 is 0 Å². The third-order valence-electron chi connectivity index (χ3n) is 21.8. The number of esters is 3. The maximum absolute atomic E-state index is 13.1. The van der Waals surface area contributed by atoms with Crippen LogP contribution in [0.3, 0.4) is 0 Å². The largest absolute Gasteiger partial charge is 0.472 e. The van der Waals surface area contributed by atoms with E-state index in [9.17, 15) is 43.5 Å². The van der Waals surface area contributed by atoms with E-state index < -0.39 is 91.5 Å². The van der Waals surface area contributed by atoms with E-state index in [1.54, 1.807) is 0 Å². The monoisotopic (exact) mass is 1840 g/mol. The number of allylic oxidation sites excluding steroid dienone is 32. The van der Waals surface area contributed by atoms with Crippen molar-refractivity contribution in [3.63, 3.8) is 0 Å². The summed E-state index contributed by atoms with van der Waals surface area (Å²) in [4.78, 5) is 59.2. The Morgan fingerprint density at radius 3 is 0.612 bits per heavy atom. The van der Waals surface area contributed by atoms with Crippen molar-refractivity contribution in [2.75, 3.05) is 39.6 Å². The Labute approximate surface area is 788 Å². The summed E-state index contributed by atoms with van der Waals surface area (Å²) < 4.78 is 61.7. The van der Waals surface area contributed by atoms with Crippen molar-refractivity contribution < 1.29 is 75.8 Å². The van der Waals surface area contributed by atoms with E-state index in [0.29, 0.717) is 19.3 Å². The first-order chi connectivity index (χ1) is 63.2. The first kappa shape index (κ1) is 123. The minimum atomic E-state index is -4.95. The van der Waals surface area contributed by atoms with Crippen LogP contribution in [-0.4, -0.2) is 95.9 Å². The standard InChI is InChI=1S/C111H188O16P2/c1-4-7-10-13-16-19-22-25-28-31-34-37-40-43-46-48-50-52-54-56-59-61-64-67-70-73-76-79-82-85-88-91-94-97-109(114)121-100-106(112)101-123-128(117,118)124-102-107(113)103-125-129(119,120)126-105-108(127-111(116)99-96-93-90-87-84-81-78-75-72-69-66-63-58-45-42-39-36-33-30-27-24-21-18-15-12-9-6-3)104-122-110(115)98-95-92-89-86-83-80-77-74-71-68-65-62-60-57-55-53-51-49-47-44-41-38-35-32-29-26-23-20-17-14-11-8-5-2/h7-12,16-21,25-30,34-39,43-47,58,66,69,106-108,112-113H,4-6,13-15,22-24,31-33,40-42,48-57,59-65,67-68,70-105H2,1-3H3,(H,117,118)(H,119,120)/b10-7-,11-8-,12-9-,19-16-,20-17-,21-18-,28-25-,29-26-,30-27-,37-34-,38-35-,39-36-,46-43-,47-44-,58-45-,69-66-. The maximum atomic E-state index is 13.1. The first-order valence-corrected chi connectivity index (χ1v) is 54.7. The lowest BCUT2D eigenvalue weighted by Gasteiger charge is -2.21. The van der Waals surface area contributed by atoms with E-state index >= 15 is 0 Å². The van der Waals surface area contributed by atoms with Crippen molar-refractivity contribution in [1.82, 2.24) is 0 Å². The Hall–Kier alpha value is -5.61. The van der Waals surface area contributed by atoms with Gasteiger partial charge in [0.15, 0.2) is 6.10 Å².